The van der Waals surface area contributed by atoms with E-state index in [9.17, 15) is 9.59 Å². The molecule has 2 aliphatic carbocycles. The molecule has 7 heteroatoms. The third-order valence-electron chi connectivity index (χ3n) is 6.66. The fourth-order valence-electron chi connectivity index (χ4n) is 3.83. The number of alkyl halides is 2. The molecule has 2 atom stereocenters. The molecule has 0 spiro atoms. The Morgan fingerprint density at radius 1 is 1.37 bits per heavy atom. The number of hydrogen-bond acceptors (Lipinski definition) is 4. The van der Waals surface area contributed by atoms with E-state index in [0.29, 0.717) is 22.9 Å². The number of carbonyl (C=O) groups is 2. The van der Waals surface area contributed by atoms with Gasteiger partial charge in [0.05, 0.1) is 21.3 Å². The van der Waals surface area contributed by atoms with Gasteiger partial charge in [-0.15, -0.1) is 11.3 Å². The van der Waals surface area contributed by atoms with Gasteiger partial charge in [-0.05, 0) is 49.5 Å². The normalized spacial score (nSPS) is 26.3. The number of anilines is 1. The summed E-state index contributed by atoms with van der Waals surface area (Å²) in [6, 6.07) is 0. The number of nitrogens with one attached hydrogen (secondary N) is 1. The molecule has 1 heterocycles. The summed E-state index contributed by atoms with van der Waals surface area (Å²) in [6.45, 7) is 8.79. The van der Waals surface area contributed by atoms with Crippen LogP contribution < -0.4 is 5.32 Å². The first-order valence-electron chi connectivity index (χ1n) is 9.39. The van der Waals surface area contributed by atoms with Crippen molar-refractivity contribution in [3.8, 4) is 0 Å². The quantitative estimate of drug-likeness (QED) is 0.387. The van der Waals surface area contributed by atoms with Crippen molar-refractivity contribution in [1.82, 2.24) is 0 Å². The molecule has 1 aromatic heterocycles. The lowest BCUT2D eigenvalue weighted by atomic mass is 9.69. The Balaban J connectivity index is 1.92. The molecule has 1 saturated carbocycles. The summed E-state index contributed by atoms with van der Waals surface area (Å²) in [6.07, 6.45) is 4.71. The maximum atomic E-state index is 12.8. The third-order valence-corrected chi connectivity index (χ3v) is 10.1. The molecule has 0 radical (unpaired) electrons. The maximum absolute atomic E-state index is 12.8. The number of rotatable bonds is 5. The van der Waals surface area contributed by atoms with E-state index in [1.54, 1.807) is 11.3 Å². The first-order chi connectivity index (χ1) is 12.5. The van der Waals surface area contributed by atoms with Gasteiger partial charge in [0.15, 0.2) is 0 Å². The van der Waals surface area contributed by atoms with E-state index < -0.39 is 5.41 Å². The highest BCUT2D eigenvalue weighted by molar-refractivity contribution is 9.25. The second-order valence-corrected chi connectivity index (χ2v) is 13.5. The Hall–Kier alpha value is -0.400. The van der Waals surface area contributed by atoms with Gasteiger partial charge in [0.2, 0.25) is 5.91 Å². The summed E-state index contributed by atoms with van der Waals surface area (Å²) >= 11 is 8.64. The number of esters is 1. The summed E-state index contributed by atoms with van der Waals surface area (Å²) in [5, 5.41) is 3.66. The van der Waals surface area contributed by atoms with Crippen LogP contribution in [0.25, 0.3) is 0 Å². The Bertz CT molecular complexity index is 786. The van der Waals surface area contributed by atoms with Gasteiger partial charge in [0, 0.05) is 4.88 Å². The number of halogens is 2. The topological polar surface area (TPSA) is 55.4 Å². The molecular formula is C20H27Br2NO3S. The predicted octanol–water partition coefficient (Wildman–Crippen LogP) is 5.91. The van der Waals surface area contributed by atoms with Gasteiger partial charge in [-0.1, -0.05) is 59.1 Å². The van der Waals surface area contributed by atoms with Crippen LogP contribution in [-0.2, 0) is 22.4 Å². The van der Waals surface area contributed by atoms with Crippen LogP contribution in [0.1, 0.15) is 67.8 Å². The molecule has 0 saturated heterocycles. The average molecular weight is 521 g/mol. The van der Waals surface area contributed by atoms with Gasteiger partial charge < -0.3 is 10.1 Å². The SMILES string of the molecule is CCC(C)(C)[C@H]1CCc2c(sc(NC(=O)[C@@]3(C)CC3(Br)Br)c2C(=O)OC)C1. The van der Waals surface area contributed by atoms with Crippen LogP contribution in [0.5, 0.6) is 0 Å². The number of carbonyl (C=O) groups excluding carboxylic acids is 2. The van der Waals surface area contributed by atoms with E-state index >= 15 is 0 Å². The van der Waals surface area contributed by atoms with Crippen molar-refractivity contribution >= 4 is 60.1 Å². The van der Waals surface area contributed by atoms with Crippen LogP contribution in [-0.4, -0.2) is 22.2 Å². The number of amides is 1. The molecule has 0 aromatic carbocycles. The van der Waals surface area contributed by atoms with E-state index in [0.717, 1.165) is 31.2 Å². The Morgan fingerprint density at radius 2 is 2.00 bits per heavy atom. The highest BCUT2D eigenvalue weighted by Crippen LogP contribution is 2.66. The molecule has 0 bridgehead atoms. The Kier molecular flexibility index (Phi) is 5.63. The van der Waals surface area contributed by atoms with E-state index in [-0.39, 0.29) is 20.5 Å². The van der Waals surface area contributed by atoms with Crippen molar-refractivity contribution in [1.29, 1.82) is 0 Å². The van der Waals surface area contributed by atoms with Crippen LogP contribution >= 0.6 is 43.2 Å². The highest BCUT2D eigenvalue weighted by atomic mass is 79.9. The second kappa shape index (κ2) is 7.13. The Labute approximate surface area is 182 Å². The molecule has 1 fully saturated rings. The number of hydrogen-bond donors (Lipinski definition) is 1. The number of ether oxygens (including phenoxy) is 1. The molecular weight excluding hydrogens is 494 g/mol. The zero-order valence-corrected chi connectivity index (χ0v) is 20.5. The number of thiophene rings is 1. The van der Waals surface area contributed by atoms with Crippen LogP contribution in [0, 0.1) is 16.7 Å². The van der Waals surface area contributed by atoms with E-state index in [4.69, 9.17) is 4.74 Å². The average Bonchev–Trinajstić information content (AvgIpc) is 2.97. The molecule has 2 aliphatic rings. The smallest absolute Gasteiger partial charge is 0.341 e. The Morgan fingerprint density at radius 3 is 2.52 bits per heavy atom. The number of methoxy groups -OCH3 is 1. The second-order valence-electron chi connectivity index (χ2n) is 8.65. The zero-order valence-electron chi connectivity index (χ0n) is 16.5. The summed E-state index contributed by atoms with van der Waals surface area (Å²) in [5.74, 6) is 0.146. The van der Waals surface area contributed by atoms with E-state index in [1.165, 1.54) is 12.0 Å². The van der Waals surface area contributed by atoms with Crippen LogP contribution in [0.3, 0.4) is 0 Å². The zero-order chi connectivity index (χ0) is 20.2. The van der Waals surface area contributed by atoms with Crippen molar-refractivity contribution in [3.05, 3.63) is 16.0 Å². The van der Waals surface area contributed by atoms with Gasteiger partial charge in [-0.3, -0.25) is 4.79 Å². The molecule has 1 amide bonds. The fourth-order valence-corrected chi connectivity index (χ4v) is 6.63. The van der Waals surface area contributed by atoms with Gasteiger partial charge in [0.1, 0.15) is 5.00 Å². The van der Waals surface area contributed by atoms with Crippen molar-refractivity contribution < 1.29 is 14.3 Å². The van der Waals surface area contributed by atoms with Crippen molar-refractivity contribution in [3.63, 3.8) is 0 Å². The standard InChI is InChI=1S/C20H27Br2NO3S/c1-6-18(2,3)11-7-8-12-13(9-11)27-15(14(12)16(24)26-5)23-17(25)19(4)10-20(19,21)22/h11H,6-10H2,1-5H3,(H,23,25)/t11-,19+/m0/s1. The molecule has 1 N–H and O–H groups in total. The minimum atomic E-state index is -0.530. The minimum Gasteiger partial charge on any atom is -0.465 e. The summed E-state index contributed by atoms with van der Waals surface area (Å²) in [5.41, 5.74) is 1.36. The third kappa shape index (κ3) is 3.64. The van der Waals surface area contributed by atoms with E-state index in [1.807, 2.05) is 6.92 Å². The molecule has 4 nitrogen and oxygen atoms in total. The van der Waals surface area contributed by atoms with Gasteiger partial charge in [-0.25, -0.2) is 4.79 Å². The van der Waals surface area contributed by atoms with Crippen LogP contribution in [0.15, 0.2) is 0 Å². The fraction of sp³-hybridized carbons (Fsp3) is 0.700. The molecule has 1 aromatic rings. The van der Waals surface area contributed by atoms with Crippen LogP contribution in [0.2, 0.25) is 0 Å². The minimum absolute atomic E-state index is 0.0783. The van der Waals surface area contributed by atoms with Crippen molar-refractivity contribution in [2.75, 3.05) is 12.4 Å². The lowest BCUT2D eigenvalue weighted by molar-refractivity contribution is -0.120. The summed E-state index contributed by atoms with van der Waals surface area (Å²) < 4.78 is 4.67. The summed E-state index contributed by atoms with van der Waals surface area (Å²) in [7, 11) is 1.40. The maximum Gasteiger partial charge on any atom is 0.341 e. The molecule has 27 heavy (non-hydrogen) atoms. The van der Waals surface area contributed by atoms with Gasteiger partial charge >= 0.3 is 5.97 Å². The predicted molar refractivity (Wildman–Crippen MR) is 117 cm³/mol. The number of fused-ring (bicyclic) bond motifs is 1. The van der Waals surface area contributed by atoms with Gasteiger partial charge in [0.25, 0.3) is 0 Å². The largest absolute Gasteiger partial charge is 0.465 e. The molecule has 0 aliphatic heterocycles. The highest BCUT2D eigenvalue weighted by Gasteiger charge is 2.66. The molecule has 150 valence electrons. The van der Waals surface area contributed by atoms with Crippen molar-refractivity contribution in [2.24, 2.45) is 16.7 Å². The first-order valence-corrected chi connectivity index (χ1v) is 11.8. The monoisotopic (exact) mass is 519 g/mol. The van der Waals surface area contributed by atoms with E-state index in [2.05, 4.69) is 57.9 Å². The molecule has 0 unspecified atom stereocenters. The lowest BCUT2D eigenvalue weighted by Crippen LogP contribution is -2.28. The van der Waals surface area contributed by atoms with Crippen molar-refractivity contribution in [2.45, 2.75) is 63.0 Å². The lowest BCUT2D eigenvalue weighted by Gasteiger charge is -2.36. The van der Waals surface area contributed by atoms with Crippen LogP contribution in [0.4, 0.5) is 5.00 Å². The van der Waals surface area contributed by atoms with Gasteiger partial charge in [-0.2, -0.15) is 0 Å². The first kappa shape index (κ1) is 21.3. The summed E-state index contributed by atoms with van der Waals surface area (Å²) in [4.78, 5) is 26.5. The molecule has 3 rings (SSSR count).